The van der Waals surface area contributed by atoms with E-state index < -0.39 is 17.7 Å². The fourth-order valence-electron chi connectivity index (χ4n) is 3.13. The van der Waals surface area contributed by atoms with Gasteiger partial charge in [-0.05, 0) is 48.4 Å². The van der Waals surface area contributed by atoms with E-state index in [9.17, 15) is 19.2 Å². The molecule has 3 aromatic rings. The molecule has 34 heavy (non-hydrogen) atoms. The number of hydrogen-bond donors (Lipinski definition) is 1. The van der Waals surface area contributed by atoms with Crippen molar-refractivity contribution in [1.29, 1.82) is 5.26 Å². The van der Waals surface area contributed by atoms with Crippen LogP contribution in [0.1, 0.15) is 22.8 Å². The van der Waals surface area contributed by atoms with Gasteiger partial charge in [-0.25, -0.2) is 9.18 Å². The molecule has 0 spiro atoms. The van der Waals surface area contributed by atoms with Gasteiger partial charge in [0.1, 0.15) is 28.0 Å². The van der Waals surface area contributed by atoms with E-state index in [-0.39, 0.29) is 22.7 Å². The number of ether oxygens (including phenoxy) is 3. The number of amides is 1. The average molecular weight is 481 g/mol. The maximum absolute atomic E-state index is 13.4. The van der Waals surface area contributed by atoms with Crippen LogP contribution in [0.5, 0.6) is 11.5 Å². The average Bonchev–Trinajstić information content (AvgIpc) is 3.26. The van der Waals surface area contributed by atoms with E-state index in [2.05, 4.69) is 5.32 Å². The van der Waals surface area contributed by atoms with Crippen molar-refractivity contribution in [3.8, 4) is 28.7 Å². The first kappa shape index (κ1) is 24.5. The summed E-state index contributed by atoms with van der Waals surface area (Å²) in [6.07, 6.45) is 1.40. The van der Waals surface area contributed by atoms with Gasteiger partial charge in [-0.15, -0.1) is 11.3 Å². The Labute approximate surface area is 200 Å². The van der Waals surface area contributed by atoms with Crippen molar-refractivity contribution >= 4 is 34.3 Å². The van der Waals surface area contributed by atoms with Crippen molar-refractivity contribution < 1.29 is 28.2 Å². The molecule has 0 saturated carbocycles. The number of anilines is 1. The van der Waals surface area contributed by atoms with Gasteiger partial charge >= 0.3 is 5.97 Å². The first-order valence-electron chi connectivity index (χ1n) is 10.1. The third-order valence-electron chi connectivity index (χ3n) is 4.74. The van der Waals surface area contributed by atoms with Crippen molar-refractivity contribution in [2.24, 2.45) is 0 Å². The molecule has 0 atom stereocenters. The van der Waals surface area contributed by atoms with Gasteiger partial charge in [0, 0.05) is 10.9 Å². The Bertz CT molecular complexity index is 1280. The topological polar surface area (TPSA) is 97.7 Å². The molecule has 1 amide bonds. The molecular weight excluding hydrogens is 459 g/mol. The largest absolute Gasteiger partial charge is 0.493 e. The van der Waals surface area contributed by atoms with E-state index in [4.69, 9.17) is 14.2 Å². The fraction of sp³-hybridized carbons (Fsp3) is 0.160. The standard InChI is InChI=1S/C25H21FN2O5S/c1-4-33-25(30)22-19(16-6-8-18(26)9-7-16)14-34-24(22)28-23(29)17(13-27)11-15-5-10-20(31-2)21(12-15)32-3/h5-12,14H,4H2,1-3H3,(H,28,29)/b17-11-. The minimum atomic E-state index is -0.699. The van der Waals surface area contributed by atoms with Crippen LogP contribution in [0.4, 0.5) is 9.39 Å². The Morgan fingerprint density at radius 2 is 1.82 bits per heavy atom. The third kappa shape index (κ3) is 5.42. The second-order valence-electron chi connectivity index (χ2n) is 6.82. The van der Waals surface area contributed by atoms with Gasteiger partial charge in [-0.2, -0.15) is 5.26 Å². The number of esters is 1. The Morgan fingerprint density at radius 1 is 1.12 bits per heavy atom. The van der Waals surface area contributed by atoms with E-state index in [1.165, 1.54) is 44.6 Å². The van der Waals surface area contributed by atoms with Crippen LogP contribution in [0.15, 0.2) is 53.4 Å². The second-order valence-corrected chi connectivity index (χ2v) is 7.70. The SMILES string of the molecule is CCOC(=O)c1c(-c2ccc(F)cc2)csc1NC(=O)/C(C#N)=C\c1ccc(OC)c(OC)c1. The number of methoxy groups -OCH3 is 2. The number of nitriles is 1. The normalized spacial score (nSPS) is 10.9. The zero-order valence-electron chi connectivity index (χ0n) is 18.7. The predicted molar refractivity (Wildman–Crippen MR) is 127 cm³/mol. The van der Waals surface area contributed by atoms with Gasteiger partial charge in [0.15, 0.2) is 11.5 Å². The first-order valence-corrected chi connectivity index (χ1v) is 11.0. The number of halogens is 1. The van der Waals surface area contributed by atoms with E-state index in [1.807, 2.05) is 6.07 Å². The van der Waals surface area contributed by atoms with E-state index in [0.29, 0.717) is 28.2 Å². The summed E-state index contributed by atoms with van der Waals surface area (Å²) in [5.74, 6) is -0.797. The molecular formula is C25H21FN2O5S. The number of hydrogen-bond acceptors (Lipinski definition) is 7. The number of benzene rings is 2. The molecule has 1 aromatic heterocycles. The molecule has 2 aromatic carbocycles. The van der Waals surface area contributed by atoms with Gasteiger partial charge in [0.2, 0.25) is 0 Å². The number of carbonyl (C=O) groups is 2. The first-order chi connectivity index (χ1) is 16.4. The summed E-state index contributed by atoms with van der Waals surface area (Å²) >= 11 is 1.10. The molecule has 174 valence electrons. The third-order valence-corrected chi connectivity index (χ3v) is 5.63. The molecule has 0 saturated heterocycles. The van der Waals surface area contributed by atoms with Crippen LogP contribution < -0.4 is 14.8 Å². The highest BCUT2D eigenvalue weighted by molar-refractivity contribution is 7.15. The fourth-order valence-corrected chi connectivity index (χ4v) is 4.08. The predicted octanol–water partition coefficient (Wildman–Crippen LogP) is 5.29. The zero-order valence-corrected chi connectivity index (χ0v) is 19.5. The quantitative estimate of drug-likeness (QED) is 0.267. The van der Waals surface area contributed by atoms with E-state index >= 15 is 0 Å². The maximum atomic E-state index is 13.4. The summed E-state index contributed by atoms with van der Waals surface area (Å²) in [5.41, 5.74) is 1.57. The molecule has 7 nitrogen and oxygen atoms in total. The molecule has 0 aliphatic rings. The summed E-state index contributed by atoms with van der Waals surface area (Å²) < 4.78 is 29.0. The summed E-state index contributed by atoms with van der Waals surface area (Å²) in [6.45, 7) is 1.80. The molecule has 3 rings (SSSR count). The molecule has 0 radical (unpaired) electrons. The minimum absolute atomic E-state index is 0.133. The Morgan fingerprint density at radius 3 is 2.44 bits per heavy atom. The van der Waals surface area contributed by atoms with Crippen LogP contribution in [0.2, 0.25) is 0 Å². The number of nitrogens with zero attached hydrogens (tertiary/aromatic N) is 1. The molecule has 0 bridgehead atoms. The highest BCUT2D eigenvalue weighted by Crippen LogP contribution is 2.36. The highest BCUT2D eigenvalue weighted by atomic mass is 32.1. The van der Waals surface area contributed by atoms with Crippen LogP contribution >= 0.6 is 11.3 Å². The smallest absolute Gasteiger partial charge is 0.341 e. The molecule has 1 N–H and O–H groups in total. The summed E-state index contributed by atoms with van der Waals surface area (Å²) in [6, 6.07) is 12.5. The minimum Gasteiger partial charge on any atom is -0.493 e. The van der Waals surface area contributed by atoms with Gasteiger partial charge in [0.05, 0.1) is 20.8 Å². The van der Waals surface area contributed by atoms with Crippen molar-refractivity contribution in [3.05, 3.63) is 70.4 Å². The van der Waals surface area contributed by atoms with Gasteiger partial charge in [-0.3, -0.25) is 4.79 Å². The van der Waals surface area contributed by atoms with Crippen LogP contribution in [-0.2, 0) is 9.53 Å². The number of carbonyl (C=O) groups excluding carboxylic acids is 2. The molecule has 1 heterocycles. The van der Waals surface area contributed by atoms with E-state index in [0.717, 1.165) is 11.3 Å². The second kappa shape index (κ2) is 11.1. The maximum Gasteiger partial charge on any atom is 0.341 e. The number of nitrogens with one attached hydrogen (secondary N) is 1. The Kier molecular flexibility index (Phi) is 8.01. The number of thiophene rings is 1. The summed E-state index contributed by atoms with van der Waals surface area (Å²) in [5, 5.41) is 14.1. The summed E-state index contributed by atoms with van der Waals surface area (Å²) in [4.78, 5) is 25.6. The van der Waals surface area contributed by atoms with Crippen molar-refractivity contribution in [1.82, 2.24) is 0 Å². The molecule has 0 unspecified atom stereocenters. The summed E-state index contributed by atoms with van der Waals surface area (Å²) in [7, 11) is 2.99. The zero-order chi connectivity index (χ0) is 24.7. The van der Waals surface area contributed by atoms with Crippen molar-refractivity contribution in [2.45, 2.75) is 6.92 Å². The monoisotopic (exact) mass is 480 g/mol. The molecule has 0 aliphatic carbocycles. The van der Waals surface area contributed by atoms with Gasteiger partial charge in [0.25, 0.3) is 5.91 Å². The lowest BCUT2D eigenvalue weighted by Crippen LogP contribution is -2.16. The Hall–Kier alpha value is -4.16. The van der Waals surface area contributed by atoms with Gasteiger partial charge < -0.3 is 19.5 Å². The van der Waals surface area contributed by atoms with Crippen LogP contribution in [-0.4, -0.2) is 32.7 Å². The Balaban J connectivity index is 1.95. The number of rotatable bonds is 8. The lowest BCUT2D eigenvalue weighted by atomic mass is 10.0. The van der Waals surface area contributed by atoms with Crippen LogP contribution in [0.25, 0.3) is 17.2 Å². The van der Waals surface area contributed by atoms with Crippen molar-refractivity contribution in [2.75, 3.05) is 26.1 Å². The van der Waals surface area contributed by atoms with Gasteiger partial charge in [-0.1, -0.05) is 18.2 Å². The molecule has 0 aliphatic heterocycles. The molecule has 9 heteroatoms. The highest BCUT2D eigenvalue weighted by Gasteiger charge is 2.24. The van der Waals surface area contributed by atoms with Crippen LogP contribution in [0.3, 0.4) is 0 Å². The van der Waals surface area contributed by atoms with Crippen molar-refractivity contribution in [3.63, 3.8) is 0 Å². The molecule has 0 fully saturated rings. The lowest BCUT2D eigenvalue weighted by molar-refractivity contribution is -0.112. The van der Waals surface area contributed by atoms with Crippen LogP contribution in [0, 0.1) is 17.1 Å². The van der Waals surface area contributed by atoms with E-state index in [1.54, 1.807) is 30.5 Å². The lowest BCUT2D eigenvalue weighted by Gasteiger charge is -2.09.